The monoisotopic (exact) mass is 468 g/mol. The molecule has 1 fully saturated rings. The summed E-state index contributed by atoms with van der Waals surface area (Å²) in [6.07, 6.45) is -3.97. The van der Waals surface area contributed by atoms with Gasteiger partial charge in [-0.05, 0) is 30.2 Å². The molecule has 10 heteroatoms. The molecule has 2 aromatic rings. The van der Waals surface area contributed by atoms with Gasteiger partial charge in [0.25, 0.3) is 5.91 Å². The topological polar surface area (TPSA) is 75.7 Å². The Morgan fingerprint density at radius 1 is 1.16 bits per heavy atom. The average Bonchev–Trinajstić information content (AvgIpc) is 3.12. The molecule has 2 aromatic carbocycles. The van der Waals surface area contributed by atoms with Crippen LogP contribution in [0.15, 0.2) is 48.5 Å². The third-order valence-electron chi connectivity index (χ3n) is 4.97. The van der Waals surface area contributed by atoms with E-state index in [9.17, 15) is 27.6 Å². The zero-order chi connectivity index (χ0) is 23.3. The lowest BCUT2D eigenvalue weighted by atomic mass is 10.1. The van der Waals surface area contributed by atoms with Gasteiger partial charge in [-0.25, -0.2) is 0 Å². The van der Waals surface area contributed by atoms with Crippen molar-refractivity contribution in [3.05, 3.63) is 64.7 Å². The molecule has 1 saturated heterocycles. The Hall–Kier alpha value is -3.07. The zero-order valence-electron chi connectivity index (χ0n) is 16.8. The van der Waals surface area contributed by atoms with Crippen molar-refractivity contribution in [1.29, 1.82) is 0 Å². The SMILES string of the molecule is O=C(COC(=O)C1CC(=O)N(CCc2ccccc2)C1)Nc1cc(C(F)(F)F)ccc1Cl. The number of carbonyl (C=O) groups excluding carboxylic acids is 3. The number of carbonyl (C=O) groups is 3. The average molecular weight is 469 g/mol. The number of hydrogen-bond acceptors (Lipinski definition) is 4. The van der Waals surface area contributed by atoms with E-state index in [0.717, 1.165) is 17.7 Å². The van der Waals surface area contributed by atoms with Gasteiger partial charge in [0.1, 0.15) is 0 Å². The number of likely N-dealkylation sites (tertiary alicyclic amines) is 1. The lowest BCUT2D eigenvalue weighted by Gasteiger charge is -2.16. The van der Waals surface area contributed by atoms with Crippen molar-refractivity contribution in [2.45, 2.75) is 19.0 Å². The van der Waals surface area contributed by atoms with Gasteiger partial charge in [-0.3, -0.25) is 14.4 Å². The van der Waals surface area contributed by atoms with Crippen LogP contribution in [0.4, 0.5) is 18.9 Å². The number of hydrogen-bond donors (Lipinski definition) is 1. The Kier molecular flexibility index (Phi) is 7.40. The summed E-state index contributed by atoms with van der Waals surface area (Å²) in [5, 5.41) is 2.11. The minimum absolute atomic E-state index is 0.0191. The molecular weight excluding hydrogens is 449 g/mol. The van der Waals surface area contributed by atoms with Crippen LogP contribution in [-0.2, 0) is 31.7 Å². The van der Waals surface area contributed by atoms with Crippen LogP contribution < -0.4 is 5.32 Å². The molecule has 2 amide bonds. The van der Waals surface area contributed by atoms with Gasteiger partial charge >= 0.3 is 12.1 Å². The van der Waals surface area contributed by atoms with Crippen LogP contribution >= 0.6 is 11.6 Å². The van der Waals surface area contributed by atoms with Crippen LogP contribution in [0.1, 0.15) is 17.5 Å². The molecule has 1 aliphatic rings. The fraction of sp³-hybridized carbons (Fsp3) is 0.318. The van der Waals surface area contributed by atoms with E-state index in [1.165, 1.54) is 0 Å². The van der Waals surface area contributed by atoms with Crippen molar-refractivity contribution in [3.8, 4) is 0 Å². The smallest absolute Gasteiger partial charge is 0.416 e. The Balaban J connectivity index is 1.48. The highest BCUT2D eigenvalue weighted by molar-refractivity contribution is 6.33. The summed E-state index contributed by atoms with van der Waals surface area (Å²) < 4.78 is 43.4. The van der Waals surface area contributed by atoms with Gasteiger partial charge in [-0.1, -0.05) is 41.9 Å². The van der Waals surface area contributed by atoms with Crippen LogP contribution in [-0.4, -0.2) is 42.4 Å². The van der Waals surface area contributed by atoms with E-state index in [4.69, 9.17) is 16.3 Å². The lowest BCUT2D eigenvalue weighted by Crippen LogP contribution is -2.29. The molecule has 0 bridgehead atoms. The molecule has 170 valence electrons. The van der Waals surface area contributed by atoms with E-state index >= 15 is 0 Å². The molecule has 0 saturated carbocycles. The van der Waals surface area contributed by atoms with E-state index in [1.807, 2.05) is 30.3 Å². The highest BCUT2D eigenvalue weighted by atomic mass is 35.5. The van der Waals surface area contributed by atoms with Gasteiger partial charge in [-0.2, -0.15) is 13.2 Å². The summed E-state index contributed by atoms with van der Waals surface area (Å²) in [4.78, 5) is 38.0. The van der Waals surface area contributed by atoms with Gasteiger partial charge in [0.15, 0.2) is 6.61 Å². The van der Waals surface area contributed by atoms with E-state index in [-0.39, 0.29) is 29.6 Å². The minimum atomic E-state index is -4.60. The summed E-state index contributed by atoms with van der Waals surface area (Å²) in [5.41, 5.74) is -0.156. The molecule has 0 spiro atoms. The number of halogens is 4. The second kappa shape index (κ2) is 10.0. The van der Waals surface area contributed by atoms with Crippen molar-refractivity contribution in [3.63, 3.8) is 0 Å². The standard InChI is InChI=1S/C22H20ClF3N2O4/c23-17-7-6-16(22(24,25)26)11-18(17)27-19(29)13-32-21(31)15-10-20(30)28(12-15)9-8-14-4-2-1-3-5-14/h1-7,11,15H,8-10,12-13H2,(H,27,29). The van der Waals surface area contributed by atoms with Gasteiger partial charge in [0.2, 0.25) is 5.91 Å². The van der Waals surface area contributed by atoms with Crippen molar-refractivity contribution < 1.29 is 32.3 Å². The fourth-order valence-electron chi connectivity index (χ4n) is 3.29. The van der Waals surface area contributed by atoms with Crippen LogP contribution in [0.5, 0.6) is 0 Å². The number of ether oxygens (including phenoxy) is 1. The third kappa shape index (κ3) is 6.23. The van der Waals surface area contributed by atoms with Gasteiger partial charge in [0.05, 0.1) is 22.2 Å². The summed E-state index contributed by atoms with van der Waals surface area (Å²) in [6, 6.07) is 12.1. The molecule has 32 heavy (non-hydrogen) atoms. The molecule has 1 N–H and O–H groups in total. The van der Waals surface area contributed by atoms with Gasteiger partial charge in [0, 0.05) is 19.5 Å². The minimum Gasteiger partial charge on any atom is -0.455 e. The van der Waals surface area contributed by atoms with E-state index in [0.29, 0.717) is 19.0 Å². The molecule has 1 unspecified atom stereocenters. The van der Waals surface area contributed by atoms with Gasteiger partial charge in [-0.15, -0.1) is 0 Å². The molecule has 6 nitrogen and oxygen atoms in total. The Bertz CT molecular complexity index is 998. The molecule has 3 rings (SSSR count). The quantitative estimate of drug-likeness (QED) is 0.625. The molecule has 0 radical (unpaired) electrons. The molecule has 1 atom stereocenters. The lowest BCUT2D eigenvalue weighted by molar-refractivity contribution is -0.151. The van der Waals surface area contributed by atoms with Crippen molar-refractivity contribution in [2.75, 3.05) is 25.0 Å². The van der Waals surface area contributed by atoms with E-state index in [2.05, 4.69) is 5.32 Å². The first-order valence-corrected chi connectivity index (χ1v) is 10.2. The van der Waals surface area contributed by atoms with Crippen LogP contribution in [0.3, 0.4) is 0 Å². The number of nitrogens with zero attached hydrogens (tertiary/aromatic N) is 1. The maximum Gasteiger partial charge on any atom is 0.416 e. The molecule has 0 aromatic heterocycles. The molecular formula is C22H20ClF3N2O4. The summed E-state index contributed by atoms with van der Waals surface area (Å²) in [6.45, 7) is -0.0627. The molecule has 1 aliphatic heterocycles. The largest absolute Gasteiger partial charge is 0.455 e. The van der Waals surface area contributed by atoms with Crippen molar-refractivity contribution in [2.24, 2.45) is 5.92 Å². The summed E-state index contributed by atoms with van der Waals surface area (Å²) in [5.74, 6) is -2.44. The molecule has 0 aliphatic carbocycles. The number of amides is 2. The predicted molar refractivity (Wildman–Crippen MR) is 111 cm³/mol. The van der Waals surface area contributed by atoms with Crippen LogP contribution in [0.25, 0.3) is 0 Å². The van der Waals surface area contributed by atoms with E-state index in [1.54, 1.807) is 4.90 Å². The third-order valence-corrected chi connectivity index (χ3v) is 5.30. The summed E-state index contributed by atoms with van der Waals surface area (Å²) >= 11 is 5.83. The van der Waals surface area contributed by atoms with Gasteiger partial charge < -0.3 is 15.0 Å². The van der Waals surface area contributed by atoms with Crippen molar-refractivity contribution in [1.82, 2.24) is 4.90 Å². The predicted octanol–water partition coefficient (Wildman–Crippen LogP) is 3.93. The number of esters is 1. The zero-order valence-corrected chi connectivity index (χ0v) is 17.6. The molecule has 1 heterocycles. The first kappa shape index (κ1) is 23.6. The number of nitrogens with one attached hydrogen (secondary N) is 1. The Morgan fingerprint density at radius 3 is 2.56 bits per heavy atom. The summed E-state index contributed by atoms with van der Waals surface area (Å²) in [7, 11) is 0. The second-order valence-corrected chi connectivity index (χ2v) is 7.73. The first-order chi connectivity index (χ1) is 15.1. The fourth-order valence-corrected chi connectivity index (χ4v) is 3.46. The highest BCUT2D eigenvalue weighted by Crippen LogP contribution is 2.33. The number of rotatable bonds is 7. The van der Waals surface area contributed by atoms with Crippen LogP contribution in [0, 0.1) is 5.92 Å². The maximum absolute atomic E-state index is 12.8. The Labute approximate surface area is 187 Å². The number of anilines is 1. The maximum atomic E-state index is 12.8. The first-order valence-electron chi connectivity index (χ1n) is 9.78. The number of benzene rings is 2. The highest BCUT2D eigenvalue weighted by Gasteiger charge is 2.35. The normalized spacial score (nSPS) is 16.2. The number of alkyl halides is 3. The Morgan fingerprint density at radius 2 is 1.88 bits per heavy atom. The second-order valence-electron chi connectivity index (χ2n) is 7.32. The van der Waals surface area contributed by atoms with Crippen molar-refractivity contribution >= 4 is 35.1 Å². The van der Waals surface area contributed by atoms with Crippen LogP contribution in [0.2, 0.25) is 5.02 Å². The van der Waals surface area contributed by atoms with E-state index < -0.39 is 36.1 Å².